The summed E-state index contributed by atoms with van der Waals surface area (Å²) in [7, 11) is 0. The van der Waals surface area contributed by atoms with Gasteiger partial charge in [0.15, 0.2) is 6.10 Å². The molecule has 2 N–H and O–H groups in total. The maximum Gasteiger partial charge on any atom is 0.336 e. The van der Waals surface area contributed by atoms with Crippen molar-refractivity contribution in [3.05, 3.63) is 28.2 Å². The lowest BCUT2D eigenvalue weighted by atomic mass is 10.2. The van der Waals surface area contributed by atoms with E-state index in [0.717, 1.165) is 0 Å². The molecule has 0 aliphatic carbocycles. The summed E-state index contributed by atoms with van der Waals surface area (Å²) in [5.41, 5.74) is 0.0931. The number of halogens is 1. The molecule has 1 atom stereocenters. The largest absolute Gasteiger partial charge is 0.481 e. The van der Waals surface area contributed by atoms with Crippen molar-refractivity contribution >= 4 is 27.8 Å². The fourth-order valence-corrected chi connectivity index (χ4v) is 1.73. The summed E-state index contributed by atoms with van der Waals surface area (Å²) in [6.07, 6.45) is -0.673. The molecule has 0 bridgehead atoms. The van der Waals surface area contributed by atoms with Crippen LogP contribution in [0.4, 0.5) is 0 Å². The maximum atomic E-state index is 11.5. The number of benzene rings is 1. The Kier molecular flexibility index (Phi) is 5.15. The van der Waals surface area contributed by atoms with Crippen molar-refractivity contribution in [1.29, 1.82) is 0 Å². The van der Waals surface area contributed by atoms with Gasteiger partial charge in [-0.25, -0.2) is 4.79 Å². The minimum absolute atomic E-state index is 0.0931. The van der Waals surface area contributed by atoms with E-state index in [9.17, 15) is 9.59 Å². The second-order valence-corrected chi connectivity index (χ2v) is 4.46. The number of nitrogens with one attached hydrogen (secondary N) is 1. The van der Waals surface area contributed by atoms with Crippen molar-refractivity contribution in [3.63, 3.8) is 0 Å². The molecule has 0 heterocycles. The van der Waals surface area contributed by atoms with Crippen LogP contribution in [-0.4, -0.2) is 29.6 Å². The standard InChI is InChI=1S/C12H14BrNO4/c1-3-14-11(15)7(2)18-8-4-5-10(13)9(6-8)12(16)17/h4-7H,3H2,1-2H3,(H,14,15)(H,16,17). The Morgan fingerprint density at radius 3 is 2.72 bits per heavy atom. The molecule has 1 rings (SSSR count). The molecule has 0 radical (unpaired) electrons. The molecule has 0 aromatic heterocycles. The molecule has 0 saturated carbocycles. The quantitative estimate of drug-likeness (QED) is 0.872. The fraction of sp³-hybridized carbons (Fsp3) is 0.333. The summed E-state index contributed by atoms with van der Waals surface area (Å²) >= 11 is 3.14. The highest BCUT2D eigenvalue weighted by Gasteiger charge is 2.15. The van der Waals surface area contributed by atoms with Gasteiger partial charge in [-0.05, 0) is 48.0 Å². The highest BCUT2D eigenvalue weighted by atomic mass is 79.9. The van der Waals surface area contributed by atoms with E-state index < -0.39 is 12.1 Å². The molecule has 18 heavy (non-hydrogen) atoms. The number of carbonyl (C=O) groups excluding carboxylic acids is 1. The zero-order valence-corrected chi connectivity index (χ0v) is 11.7. The minimum atomic E-state index is -1.06. The lowest BCUT2D eigenvalue weighted by Crippen LogP contribution is -2.36. The summed E-state index contributed by atoms with van der Waals surface area (Å²) in [4.78, 5) is 22.4. The van der Waals surface area contributed by atoms with E-state index in [-0.39, 0.29) is 11.5 Å². The number of hydrogen-bond acceptors (Lipinski definition) is 3. The topological polar surface area (TPSA) is 75.6 Å². The highest BCUT2D eigenvalue weighted by molar-refractivity contribution is 9.10. The van der Waals surface area contributed by atoms with Crippen LogP contribution in [0.2, 0.25) is 0 Å². The van der Waals surface area contributed by atoms with Crippen molar-refractivity contribution in [2.24, 2.45) is 0 Å². The van der Waals surface area contributed by atoms with Crippen LogP contribution < -0.4 is 10.1 Å². The molecule has 1 aromatic rings. The molecule has 1 unspecified atom stereocenters. The maximum absolute atomic E-state index is 11.5. The van der Waals surface area contributed by atoms with E-state index in [1.165, 1.54) is 6.07 Å². The highest BCUT2D eigenvalue weighted by Crippen LogP contribution is 2.23. The average molecular weight is 316 g/mol. The van der Waals surface area contributed by atoms with Crippen LogP contribution in [0.5, 0.6) is 5.75 Å². The monoisotopic (exact) mass is 315 g/mol. The predicted octanol–water partition coefficient (Wildman–Crippen LogP) is 2.05. The Morgan fingerprint density at radius 2 is 2.17 bits per heavy atom. The Morgan fingerprint density at radius 1 is 1.50 bits per heavy atom. The predicted molar refractivity (Wildman–Crippen MR) is 69.9 cm³/mol. The van der Waals surface area contributed by atoms with Crippen LogP contribution in [0.15, 0.2) is 22.7 Å². The molecule has 0 aliphatic heterocycles. The lowest BCUT2D eigenvalue weighted by Gasteiger charge is -2.14. The van der Waals surface area contributed by atoms with Crippen LogP contribution in [0.1, 0.15) is 24.2 Å². The average Bonchev–Trinajstić information content (AvgIpc) is 2.31. The Bertz CT molecular complexity index is 461. The molecule has 0 saturated heterocycles. The van der Waals surface area contributed by atoms with Gasteiger partial charge in [-0.1, -0.05) is 0 Å². The molecular formula is C12H14BrNO4. The van der Waals surface area contributed by atoms with Crippen LogP contribution in [-0.2, 0) is 4.79 Å². The zero-order chi connectivity index (χ0) is 13.7. The van der Waals surface area contributed by atoms with Gasteiger partial charge >= 0.3 is 5.97 Å². The summed E-state index contributed by atoms with van der Waals surface area (Å²) in [5.74, 6) is -0.954. The van der Waals surface area contributed by atoms with E-state index in [4.69, 9.17) is 9.84 Å². The summed E-state index contributed by atoms with van der Waals surface area (Å²) in [6, 6.07) is 4.55. The van der Waals surface area contributed by atoms with Crippen molar-refractivity contribution < 1.29 is 19.4 Å². The molecule has 0 spiro atoms. The van der Waals surface area contributed by atoms with Crippen LogP contribution >= 0.6 is 15.9 Å². The first-order valence-electron chi connectivity index (χ1n) is 5.43. The molecule has 1 amide bonds. The summed E-state index contributed by atoms with van der Waals surface area (Å²) < 4.78 is 5.84. The van der Waals surface area contributed by atoms with Gasteiger partial charge < -0.3 is 15.2 Å². The molecule has 0 fully saturated rings. The van der Waals surface area contributed by atoms with E-state index in [2.05, 4.69) is 21.2 Å². The van der Waals surface area contributed by atoms with Gasteiger partial charge in [0.25, 0.3) is 5.91 Å². The Hall–Kier alpha value is -1.56. The van der Waals surface area contributed by atoms with Crippen LogP contribution in [0, 0.1) is 0 Å². The van der Waals surface area contributed by atoms with Crippen molar-refractivity contribution in [2.75, 3.05) is 6.54 Å². The number of ether oxygens (including phenoxy) is 1. The lowest BCUT2D eigenvalue weighted by molar-refractivity contribution is -0.127. The number of rotatable bonds is 5. The fourth-order valence-electron chi connectivity index (χ4n) is 1.32. The number of carboxylic acid groups (broad SMARTS) is 1. The first-order chi connectivity index (χ1) is 8.45. The van der Waals surface area contributed by atoms with Crippen LogP contribution in [0.25, 0.3) is 0 Å². The van der Waals surface area contributed by atoms with E-state index in [1.54, 1.807) is 19.1 Å². The van der Waals surface area contributed by atoms with Crippen molar-refractivity contribution in [3.8, 4) is 5.75 Å². The van der Waals surface area contributed by atoms with Crippen molar-refractivity contribution in [2.45, 2.75) is 20.0 Å². The SMILES string of the molecule is CCNC(=O)C(C)Oc1ccc(Br)c(C(=O)O)c1. The van der Waals surface area contributed by atoms with Gasteiger partial charge in [-0.2, -0.15) is 0 Å². The Labute approximate surface area is 113 Å². The molecular weight excluding hydrogens is 302 g/mol. The first kappa shape index (κ1) is 14.5. The molecule has 1 aromatic carbocycles. The summed E-state index contributed by atoms with van der Waals surface area (Å²) in [6.45, 7) is 3.94. The van der Waals surface area contributed by atoms with Crippen LogP contribution in [0.3, 0.4) is 0 Å². The smallest absolute Gasteiger partial charge is 0.336 e. The van der Waals surface area contributed by atoms with Gasteiger partial charge in [-0.3, -0.25) is 4.79 Å². The van der Waals surface area contributed by atoms with Gasteiger partial charge in [0.05, 0.1) is 5.56 Å². The third-order valence-electron chi connectivity index (χ3n) is 2.20. The number of hydrogen-bond donors (Lipinski definition) is 2. The third kappa shape index (κ3) is 3.73. The molecule has 6 heteroatoms. The van der Waals surface area contributed by atoms with Gasteiger partial charge in [0, 0.05) is 11.0 Å². The minimum Gasteiger partial charge on any atom is -0.481 e. The third-order valence-corrected chi connectivity index (χ3v) is 2.89. The number of likely N-dealkylation sites (N-methyl/N-ethyl adjacent to an activating group) is 1. The van der Waals surface area contributed by atoms with Gasteiger partial charge in [0.2, 0.25) is 0 Å². The van der Waals surface area contributed by atoms with Gasteiger partial charge in [0.1, 0.15) is 5.75 Å². The normalized spacial score (nSPS) is 11.7. The first-order valence-corrected chi connectivity index (χ1v) is 6.22. The Balaban J connectivity index is 2.82. The zero-order valence-electron chi connectivity index (χ0n) is 10.1. The number of amides is 1. The second kappa shape index (κ2) is 6.39. The van der Waals surface area contributed by atoms with Crippen molar-refractivity contribution in [1.82, 2.24) is 5.32 Å². The molecule has 0 aliphatic rings. The van der Waals surface area contributed by atoms with E-state index in [1.807, 2.05) is 6.92 Å². The van der Waals surface area contributed by atoms with Gasteiger partial charge in [-0.15, -0.1) is 0 Å². The molecule has 5 nitrogen and oxygen atoms in total. The second-order valence-electron chi connectivity index (χ2n) is 3.60. The van der Waals surface area contributed by atoms with E-state index >= 15 is 0 Å². The number of carbonyl (C=O) groups is 2. The number of aromatic carboxylic acids is 1. The van der Waals surface area contributed by atoms with E-state index in [0.29, 0.717) is 16.8 Å². The summed E-state index contributed by atoms with van der Waals surface area (Å²) in [5, 5.41) is 11.6. The molecule has 98 valence electrons. The number of carboxylic acids is 1.